The van der Waals surface area contributed by atoms with Crippen LogP contribution < -0.4 is 0 Å². The van der Waals surface area contributed by atoms with Crippen LogP contribution in [0.5, 0.6) is 0 Å². The van der Waals surface area contributed by atoms with Crippen molar-refractivity contribution < 1.29 is 43.2 Å². The maximum Gasteiger partial charge on any atom is 0.303 e. The first-order valence-corrected chi connectivity index (χ1v) is 10.4. The molecule has 1 aliphatic heterocycles. The molecular weight excluding hydrogens is 422 g/mol. The zero-order valence-corrected chi connectivity index (χ0v) is 19.3. The number of carbonyl (C=O) groups excluding carboxylic acids is 4. The number of aliphatic hydroxyl groups is 1. The van der Waals surface area contributed by atoms with Crippen molar-refractivity contribution in [3.05, 3.63) is 11.3 Å². The molecule has 0 aromatic heterocycles. The Kier molecular flexibility index (Phi) is 8.17. The molecule has 0 spiro atoms. The van der Waals surface area contributed by atoms with Crippen LogP contribution in [0.2, 0.25) is 0 Å². The molecule has 1 N–H and O–H groups in total. The van der Waals surface area contributed by atoms with Crippen molar-refractivity contribution in [2.75, 3.05) is 13.2 Å². The summed E-state index contributed by atoms with van der Waals surface area (Å²) < 4.78 is 21.5. The van der Waals surface area contributed by atoms with E-state index >= 15 is 0 Å². The van der Waals surface area contributed by atoms with Crippen LogP contribution in [0.1, 0.15) is 54.4 Å². The normalized spacial score (nSPS) is 28.2. The van der Waals surface area contributed by atoms with E-state index in [0.717, 1.165) is 0 Å². The van der Waals surface area contributed by atoms with Crippen LogP contribution in [0.3, 0.4) is 0 Å². The van der Waals surface area contributed by atoms with Gasteiger partial charge in [-0.25, -0.2) is 0 Å². The van der Waals surface area contributed by atoms with Crippen molar-refractivity contribution >= 4 is 29.4 Å². The van der Waals surface area contributed by atoms with Crippen LogP contribution in [-0.4, -0.2) is 72.1 Å². The maximum absolute atomic E-state index is 12.6. The molecule has 2 aliphatic rings. The number of aliphatic hydroxyl groups excluding tert-OH is 1. The van der Waals surface area contributed by atoms with Crippen LogP contribution in [-0.2, 0) is 38.1 Å². The molecule has 0 aromatic rings. The summed E-state index contributed by atoms with van der Waals surface area (Å²) in [4.78, 5) is 51.8. The van der Waals surface area contributed by atoms with Gasteiger partial charge in [0.05, 0.1) is 12.2 Å². The van der Waals surface area contributed by atoms with Crippen molar-refractivity contribution in [2.45, 2.75) is 78.7 Å². The van der Waals surface area contributed by atoms with Crippen LogP contribution in [0, 0.1) is 5.41 Å². The molecule has 0 amide bonds. The molecule has 2 rings (SSSR count). The molecule has 1 saturated heterocycles. The number of aliphatic imine (C=N–C) groups is 1. The van der Waals surface area contributed by atoms with Gasteiger partial charge < -0.3 is 24.1 Å². The van der Waals surface area contributed by atoms with Gasteiger partial charge in [-0.15, -0.1) is 0 Å². The minimum atomic E-state index is -1.09. The first kappa shape index (κ1) is 25.5. The van der Waals surface area contributed by atoms with Crippen molar-refractivity contribution in [1.29, 1.82) is 0 Å². The Morgan fingerprint density at radius 2 is 1.62 bits per heavy atom. The van der Waals surface area contributed by atoms with Gasteiger partial charge in [0, 0.05) is 39.3 Å². The Labute approximate surface area is 186 Å². The lowest BCUT2D eigenvalue weighted by Crippen LogP contribution is -2.57. The fourth-order valence-electron chi connectivity index (χ4n) is 3.98. The fraction of sp³-hybridized carbons (Fsp3) is 0.682. The van der Waals surface area contributed by atoms with Gasteiger partial charge in [-0.1, -0.05) is 13.8 Å². The minimum Gasteiger partial charge on any atom is -0.511 e. The number of hydrogen-bond acceptors (Lipinski definition) is 10. The molecule has 32 heavy (non-hydrogen) atoms. The van der Waals surface area contributed by atoms with E-state index in [1.54, 1.807) is 6.92 Å². The van der Waals surface area contributed by atoms with Gasteiger partial charge in [0.15, 0.2) is 18.0 Å². The average Bonchev–Trinajstić information content (AvgIpc) is 2.60. The molecule has 0 unspecified atom stereocenters. The summed E-state index contributed by atoms with van der Waals surface area (Å²) in [5.74, 6) is -2.09. The average molecular weight is 453 g/mol. The highest BCUT2D eigenvalue weighted by molar-refractivity contribution is 6.22. The van der Waals surface area contributed by atoms with Gasteiger partial charge in [0.2, 0.25) is 0 Å². The first-order chi connectivity index (χ1) is 14.8. The summed E-state index contributed by atoms with van der Waals surface area (Å²) in [6.07, 6.45) is -2.42. The molecule has 1 heterocycles. The lowest BCUT2D eigenvalue weighted by molar-refractivity contribution is -0.204. The van der Waals surface area contributed by atoms with E-state index in [1.165, 1.54) is 20.8 Å². The number of nitrogens with zero attached hydrogens (tertiary/aromatic N) is 1. The molecule has 10 nitrogen and oxygen atoms in total. The van der Waals surface area contributed by atoms with E-state index in [1.807, 2.05) is 13.8 Å². The molecule has 178 valence electrons. The monoisotopic (exact) mass is 453 g/mol. The van der Waals surface area contributed by atoms with Crippen LogP contribution in [0.25, 0.3) is 0 Å². The molecule has 0 radical (unpaired) electrons. The van der Waals surface area contributed by atoms with Gasteiger partial charge in [0.1, 0.15) is 24.5 Å². The number of Topliss-reactive ketones (excluding diaryl/α,β-unsaturated/α-hetero) is 1. The smallest absolute Gasteiger partial charge is 0.303 e. The summed E-state index contributed by atoms with van der Waals surface area (Å²) in [6.45, 7) is 8.73. The highest BCUT2D eigenvalue weighted by atomic mass is 16.6. The SMILES string of the molecule is CC(=O)OC[C@H]1OC[C@H](N=C(C)C2=C(O)CC(C)(C)CC2=O)[C@@H](OC(C)=O)[C@@H]1OC(C)=O. The van der Waals surface area contributed by atoms with Crippen molar-refractivity contribution in [2.24, 2.45) is 10.4 Å². The third-order valence-corrected chi connectivity index (χ3v) is 5.18. The topological polar surface area (TPSA) is 138 Å². The third kappa shape index (κ3) is 6.62. The second kappa shape index (κ2) is 10.2. The number of rotatable bonds is 6. The minimum absolute atomic E-state index is 0.0439. The van der Waals surface area contributed by atoms with E-state index in [2.05, 4.69) is 4.99 Å². The lowest BCUT2D eigenvalue weighted by Gasteiger charge is -2.39. The molecular formula is C22H31NO9. The Bertz CT molecular complexity index is 842. The lowest BCUT2D eigenvalue weighted by atomic mass is 9.75. The van der Waals surface area contributed by atoms with Crippen LogP contribution in [0.4, 0.5) is 0 Å². The number of hydrogen-bond donors (Lipinski definition) is 1. The molecule has 1 fully saturated rings. The highest BCUT2D eigenvalue weighted by Gasteiger charge is 2.46. The molecule has 10 heteroatoms. The third-order valence-electron chi connectivity index (χ3n) is 5.18. The van der Waals surface area contributed by atoms with Crippen LogP contribution in [0.15, 0.2) is 16.3 Å². The second-order valence-electron chi connectivity index (χ2n) is 8.87. The molecule has 0 bridgehead atoms. The fourth-order valence-corrected chi connectivity index (χ4v) is 3.98. The van der Waals surface area contributed by atoms with E-state index in [4.69, 9.17) is 18.9 Å². The van der Waals surface area contributed by atoms with E-state index in [-0.39, 0.29) is 47.9 Å². The standard InChI is InChI=1S/C22H31NO9/c1-11(19-16(27)7-22(5,6)8-17(19)28)23-15-9-30-18(10-29-12(2)24)21(32-14(4)26)20(15)31-13(3)25/h15,18,20-21,27H,7-10H2,1-6H3/t15-,18+,20+,21+/m0/s1. The van der Waals surface area contributed by atoms with Crippen LogP contribution >= 0.6 is 0 Å². The van der Waals surface area contributed by atoms with E-state index < -0.39 is 42.3 Å². The Balaban J connectivity index is 2.38. The van der Waals surface area contributed by atoms with Gasteiger partial charge in [-0.05, 0) is 12.3 Å². The summed E-state index contributed by atoms with van der Waals surface area (Å²) in [5, 5.41) is 10.5. The van der Waals surface area contributed by atoms with E-state index in [0.29, 0.717) is 6.42 Å². The largest absolute Gasteiger partial charge is 0.511 e. The number of ketones is 1. The summed E-state index contributed by atoms with van der Waals surface area (Å²) in [5.41, 5.74) is 0.0505. The molecule has 0 saturated carbocycles. The quantitative estimate of drug-likeness (QED) is 0.363. The summed E-state index contributed by atoms with van der Waals surface area (Å²) >= 11 is 0. The number of ether oxygens (including phenoxy) is 4. The molecule has 1 aliphatic carbocycles. The Morgan fingerprint density at radius 3 is 2.16 bits per heavy atom. The first-order valence-electron chi connectivity index (χ1n) is 10.4. The van der Waals surface area contributed by atoms with Gasteiger partial charge in [-0.2, -0.15) is 0 Å². The molecule has 0 aromatic carbocycles. The van der Waals surface area contributed by atoms with Gasteiger partial charge >= 0.3 is 17.9 Å². The highest BCUT2D eigenvalue weighted by Crippen LogP contribution is 2.36. The van der Waals surface area contributed by atoms with E-state index in [9.17, 15) is 24.3 Å². The summed E-state index contributed by atoms with van der Waals surface area (Å²) in [7, 11) is 0. The predicted molar refractivity (Wildman–Crippen MR) is 112 cm³/mol. The van der Waals surface area contributed by atoms with Crippen molar-refractivity contribution in [3.8, 4) is 0 Å². The van der Waals surface area contributed by atoms with Gasteiger partial charge in [-0.3, -0.25) is 24.2 Å². The summed E-state index contributed by atoms with van der Waals surface area (Å²) in [6, 6.07) is -0.820. The molecule has 4 atom stereocenters. The maximum atomic E-state index is 12.6. The number of carbonyl (C=O) groups is 4. The Morgan fingerprint density at radius 1 is 1.03 bits per heavy atom. The second-order valence-corrected chi connectivity index (χ2v) is 8.87. The Hall–Kier alpha value is -2.75. The zero-order chi connectivity index (χ0) is 24.2. The number of allylic oxidation sites excluding steroid dienone is 2. The van der Waals surface area contributed by atoms with Crippen molar-refractivity contribution in [1.82, 2.24) is 0 Å². The van der Waals surface area contributed by atoms with Crippen molar-refractivity contribution in [3.63, 3.8) is 0 Å². The van der Waals surface area contributed by atoms with Gasteiger partial charge in [0.25, 0.3) is 0 Å². The zero-order valence-electron chi connectivity index (χ0n) is 19.3. The number of esters is 3. The predicted octanol–water partition coefficient (Wildman–Crippen LogP) is 1.84.